The molecule has 27 heavy (non-hydrogen) atoms. The highest BCUT2D eigenvalue weighted by atomic mass is 79.9. The number of amidine groups is 1. The minimum atomic E-state index is -1.04. The van der Waals surface area contributed by atoms with Crippen molar-refractivity contribution in [3.05, 3.63) is 51.0 Å². The lowest BCUT2D eigenvalue weighted by molar-refractivity contribution is 0.00795. The zero-order valence-electron chi connectivity index (χ0n) is 14.5. The molecule has 1 aliphatic rings. The summed E-state index contributed by atoms with van der Waals surface area (Å²) >= 11 is 3.38. The fourth-order valence-electron chi connectivity index (χ4n) is 2.88. The van der Waals surface area contributed by atoms with Crippen LogP contribution in [0.2, 0.25) is 0 Å². The Hall–Kier alpha value is -2.30. The van der Waals surface area contributed by atoms with Crippen LogP contribution >= 0.6 is 15.9 Å². The van der Waals surface area contributed by atoms with Crippen molar-refractivity contribution in [2.45, 2.75) is 25.5 Å². The maximum absolute atomic E-state index is 13.4. The van der Waals surface area contributed by atoms with Crippen LogP contribution in [-0.4, -0.2) is 45.3 Å². The molecule has 144 valence electrons. The molecule has 0 aliphatic carbocycles. The molecule has 0 saturated heterocycles. The van der Waals surface area contributed by atoms with Gasteiger partial charge in [0.05, 0.1) is 29.6 Å². The van der Waals surface area contributed by atoms with Crippen LogP contribution in [0.25, 0.3) is 0 Å². The van der Waals surface area contributed by atoms with Gasteiger partial charge >= 0.3 is 0 Å². The van der Waals surface area contributed by atoms with Gasteiger partial charge in [-0.05, 0) is 24.6 Å². The van der Waals surface area contributed by atoms with Crippen molar-refractivity contribution in [2.24, 2.45) is 5.16 Å². The smallest absolute Gasteiger partial charge is 0.220 e. The molecule has 0 spiro atoms. The Balaban J connectivity index is 1.98. The average Bonchev–Trinajstić information content (AvgIpc) is 2.60. The molecular weight excluding hydrogens is 421 g/mol. The Bertz CT molecular complexity index is 880. The number of aromatic nitrogens is 2. The number of nitrogens with zero attached hydrogens (tertiary/aromatic N) is 3. The van der Waals surface area contributed by atoms with Crippen LogP contribution in [0.1, 0.15) is 28.6 Å². The molecule has 2 heterocycles. The van der Waals surface area contributed by atoms with Crippen molar-refractivity contribution in [3.8, 4) is 0 Å². The summed E-state index contributed by atoms with van der Waals surface area (Å²) in [6.45, 7) is 1.18. The summed E-state index contributed by atoms with van der Waals surface area (Å²) in [5.74, 6) is 0.181. The highest BCUT2D eigenvalue weighted by molar-refractivity contribution is 9.10. The lowest BCUT2D eigenvalue weighted by atomic mass is 9.94. The van der Waals surface area contributed by atoms with Crippen molar-refractivity contribution in [1.29, 1.82) is 0 Å². The maximum atomic E-state index is 13.4. The quantitative estimate of drug-likeness (QED) is 0.515. The Morgan fingerprint density at radius 2 is 2.26 bits per heavy atom. The predicted octanol–water partition coefficient (Wildman–Crippen LogP) is 1.19. The lowest BCUT2D eigenvalue weighted by Gasteiger charge is -2.29. The van der Waals surface area contributed by atoms with Gasteiger partial charge in [0, 0.05) is 10.9 Å². The number of rotatable bonds is 5. The van der Waals surface area contributed by atoms with Gasteiger partial charge in [0.25, 0.3) is 0 Å². The molecule has 0 saturated carbocycles. The zero-order valence-corrected chi connectivity index (χ0v) is 16.1. The molecule has 2 atom stereocenters. The maximum Gasteiger partial charge on any atom is 0.220 e. The standard InChI is InChI=1S/C17H19BrFN5O3/c1-8-15-14(23-17(20)21-8)5-13(11-3-2-9(19)4-12(11)18)22-16(15)24-27-7-10(26)6-25/h2-4,10,13,25-26H,5-7H2,1H3,(H,22,24)(H2,20,21,23)/t10-,13-/m1/s1. The summed E-state index contributed by atoms with van der Waals surface area (Å²) in [6.07, 6.45) is -0.547. The largest absolute Gasteiger partial charge is 0.394 e. The van der Waals surface area contributed by atoms with Gasteiger partial charge in [0.1, 0.15) is 18.5 Å². The summed E-state index contributed by atoms with van der Waals surface area (Å²) in [4.78, 5) is 13.6. The Morgan fingerprint density at radius 3 is 2.96 bits per heavy atom. The number of hydrogen-bond donors (Lipinski definition) is 4. The molecule has 10 heteroatoms. The highest BCUT2D eigenvalue weighted by Crippen LogP contribution is 2.31. The van der Waals surface area contributed by atoms with E-state index in [9.17, 15) is 9.50 Å². The van der Waals surface area contributed by atoms with Gasteiger partial charge in [-0.2, -0.15) is 0 Å². The minimum absolute atomic E-state index is 0.154. The molecule has 0 fully saturated rings. The second kappa shape index (κ2) is 8.15. The molecule has 5 N–H and O–H groups in total. The van der Waals surface area contributed by atoms with Gasteiger partial charge in [0.2, 0.25) is 5.95 Å². The summed E-state index contributed by atoms with van der Waals surface area (Å²) in [7, 11) is 0. The minimum Gasteiger partial charge on any atom is -0.394 e. The molecule has 0 unspecified atom stereocenters. The number of hydrogen-bond acceptors (Lipinski definition) is 7. The number of nitrogens with two attached hydrogens (primary N) is 1. The number of nitrogen functional groups attached to an aromatic ring is 1. The van der Waals surface area contributed by atoms with E-state index in [0.29, 0.717) is 33.7 Å². The number of aliphatic hydroxyl groups is 2. The number of anilines is 1. The molecule has 8 nitrogen and oxygen atoms in total. The van der Waals surface area contributed by atoms with Crippen molar-refractivity contribution in [2.75, 3.05) is 18.9 Å². The number of aryl methyl sites for hydroxylation is 1. The third-order valence-corrected chi connectivity index (χ3v) is 4.79. The first-order chi connectivity index (χ1) is 12.9. The van der Waals surface area contributed by atoms with Crippen LogP contribution in [0.3, 0.4) is 0 Å². The second-order valence-corrected chi connectivity index (χ2v) is 6.98. The molecule has 1 aromatic carbocycles. The Kier molecular flexibility index (Phi) is 5.88. The van der Waals surface area contributed by atoms with Gasteiger partial charge < -0.3 is 26.1 Å². The van der Waals surface area contributed by atoms with Crippen LogP contribution in [0.5, 0.6) is 0 Å². The lowest BCUT2D eigenvalue weighted by Crippen LogP contribution is -2.38. The van der Waals surface area contributed by atoms with Crippen LogP contribution in [0, 0.1) is 12.7 Å². The van der Waals surface area contributed by atoms with Crippen molar-refractivity contribution < 1.29 is 19.4 Å². The van der Waals surface area contributed by atoms with E-state index >= 15 is 0 Å². The topological polar surface area (TPSA) is 126 Å². The Morgan fingerprint density at radius 1 is 1.48 bits per heavy atom. The van der Waals surface area contributed by atoms with E-state index in [4.69, 9.17) is 15.7 Å². The number of benzene rings is 1. The Labute approximate surface area is 163 Å². The van der Waals surface area contributed by atoms with Gasteiger partial charge in [0.15, 0.2) is 5.84 Å². The highest BCUT2D eigenvalue weighted by Gasteiger charge is 2.29. The van der Waals surface area contributed by atoms with Crippen molar-refractivity contribution in [3.63, 3.8) is 0 Å². The number of nitrogens with one attached hydrogen (secondary N) is 1. The normalized spacial score (nSPS) is 18.7. The summed E-state index contributed by atoms with van der Waals surface area (Å²) < 4.78 is 14.0. The van der Waals surface area contributed by atoms with Crippen molar-refractivity contribution in [1.82, 2.24) is 15.3 Å². The third-order valence-electron chi connectivity index (χ3n) is 4.10. The first kappa shape index (κ1) is 19.5. The molecule has 0 amide bonds. The van der Waals surface area contributed by atoms with E-state index in [-0.39, 0.29) is 24.4 Å². The fourth-order valence-corrected chi connectivity index (χ4v) is 3.50. The van der Waals surface area contributed by atoms with Gasteiger partial charge in [-0.3, -0.25) is 0 Å². The van der Waals surface area contributed by atoms with Crippen LogP contribution in [-0.2, 0) is 11.3 Å². The molecule has 0 bridgehead atoms. The van der Waals surface area contributed by atoms with E-state index in [2.05, 4.69) is 36.4 Å². The number of aliphatic hydroxyl groups excluding tert-OH is 2. The summed E-state index contributed by atoms with van der Waals surface area (Å²) in [6, 6.07) is 4.18. The van der Waals surface area contributed by atoms with E-state index in [0.717, 1.165) is 5.56 Å². The first-order valence-electron chi connectivity index (χ1n) is 8.22. The number of oxime groups is 1. The first-order valence-corrected chi connectivity index (χ1v) is 9.02. The molecule has 1 aliphatic heterocycles. The van der Waals surface area contributed by atoms with Crippen LogP contribution < -0.4 is 11.1 Å². The molecule has 2 aromatic rings. The van der Waals surface area contributed by atoms with E-state index in [1.54, 1.807) is 13.0 Å². The third kappa shape index (κ3) is 4.34. The molecule has 3 rings (SSSR count). The number of fused-ring (bicyclic) bond motifs is 1. The monoisotopic (exact) mass is 439 g/mol. The van der Waals surface area contributed by atoms with Gasteiger partial charge in [-0.25, -0.2) is 14.4 Å². The zero-order chi connectivity index (χ0) is 19.6. The summed E-state index contributed by atoms with van der Waals surface area (Å²) in [5.41, 5.74) is 8.59. The molecule has 0 radical (unpaired) electrons. The second-order valence-electron chi connectivity index (χ2n) is 6.13. The van der Waals surface area contributed by atoms with Gasteiger partial charge in [-0.15, -0.1) is 0 Å². The average molecular weight is 440 g/mol. The summed E-state index contributed by atoms with van der Waals surface area (Å²) in [5, 5.41) is 25.6. The van der Waals surface area contributed by atoms with Crippen LogP contribution in [0.4, 0.5) is 10.3 Å². The SMILES string of the molecule is Cc1nc(N)nc2c1/C(=N/OC[C@H](O)CO)N[C@@H](c1ccc(F)cc1Br)C2. The van der Waals surface area contributed by atoms with Crippen molar-refractivity contribution >= 4 is 27.7 Å². The fraction of sp³-hybridized carbons (Fsp3) is 0.353. The van der Waals surface area contributed by atoms with E-state index in [1.165, 1.54) is 12.1 Å². The van der Waals surface area contributed by atoms with Crippen LogP contribution in [0.15, 0.2) is 27.8 Å². The van der Waals surface area contributed by atoms with Gasteiger partial charge in [-0.1, -0.05) is 27.2 Å². The van der Waals surface area contributed by atoms with E-state index < -0.39 is 12.7 Å². The number of halogens is 2. The molecule has 1 aromatic heterocycles. The van der Waals surface area contributed by atoms with E-state index in [1.807, 2.05) is 0 Å². The molecular formula is C17H19BrFN5O3. The predicted molar refractivity (Wildman–Crippen MR) is 100 cm³/mol.